The van der Waals surface area contributed by atoms with E-state index in [2.05, 4.69) is 9.97 Å². The Balaban J connectivity index is 2.58. The maximum atomic E-state index is 12.4. The van der Waals surface area contributed by atoms with Crippen molar-refractivity contribution in [1.29, 1.82) is 0 Å². The smallest absolute Gasteiger partial charge is 0.417 e. The van der Waals surface area contributed by atoms with Gasteiger partial charge in [0.2, 0.25) is 0 Å². The number of pyridine rings is 2. The van der Waals surface area contributed by atoms with Crippen molar-refractivity contribution in [2.75, 3.05) is 0 Å². The summed E-state index contributed by atoms with van der Waals surface area (Å²) in [6.45, 7) is 0. The van der Waals surface area contributed by atoms with Crippen molar-refractivity contribution in [3.8, 4) is 0 Å². The van der Waals surface area contributed by atoms with E-state index in [1.807, 2.05) is 0 Å². The minimum atomic E-state index is -4.48. The number of fused-ring (bicyclic) bond motifs is 1. The number of carboxylic acid groups (broad SMARTS) is 1. The molecule has 0 aromatic carbocycles. The molecule has 0 spiro atoms. The number of rotatable bonds is 1. The Morgan fingerprint density at radius 1 is 1.29 bits per heavy atom. The fourth-order valence-corrected chi connectivity index (χ4v) is 1.28. The summed E-state index contributed by atoms with van der Waals surface area (Å²) in [7, 11) is 0. The van der Waals surface area contributed by atoms with Gasteiger partial charge in [-0.2, -0.15) is 13.2 Å². The number of alkyl halides is 3. The molecule has 0 bridgehead atoms. The number of halogens is 3. The average Bonchev–Trinajstić information content (AvgIpc) is 2.26. The van der Waals surface area contributed by atoms with Gasteiger partial charge in [0, 0.05) is 11.6 Å². The molecule has 2 aromatic rings. The minimum Gasteiger partial charge on any atom is -0.477 e. The van der Waals surface area contributed by atoms with Crippen LogP contribution >= 0.6 is 0 Å². The molecule has 2 aromatic heterocycles. The molecule has 0 amide bonds. The van der Waals surface area contributed by atoms with Gasteiger partial charge in [0.25, 0.3) is 0 Å². The molecule has 2 rings (SSSR count). The van der Waals surface area contributed by atoms with Crippen LogP contribution in [0.5, 0.6) is 0 Å². The molecular formula is C10H5F3N2O2. The third-order valence-electron chi connectivity index (χ3n) is 2.09. The summed E-state index contributed by atoms with van der Waals surface area (Å²) in [6.07, 6.45) is -3.85. The van der Waals surface area contributed by atoms with Crippen molar-refractivity contribution in [3.05, 3.63) is 35.7 Å². The van der Waals surface area contributed by atoms with Crippen molar-refractivity contribution in [2.24, 2.45) is 0 Å². The molecule has 17 heavy (non-hydrogen) atoms. The molecular weight excluding hydrogens is 237 g/mol. The molecule has 0 aliphatic heterocycles. The van der Waals surface area contributed by atoms with E-state index in [4.69, 9.17) is 5.11 Å². The predicted molar refractivity (Wildman–Crippen MR) is 51.5 cm³/mol. The van der Waals surface area contributed by atoms with Gasteiger partial charge in [0.1, 0.15) is 0 Å². The SMILES string of the molecule is O=C(O)c1ccc2cc(C(F)(F)F)cnc2n1. The molecule has 0 fully saturated rings. The highest BCUT2D eigenvalue weighted by molar-refractivity contribution is 5.88. The van der Waals surface area contributed by atoms with E-state index in [1.165, 1.54) is 6.07 Å². The second kappa shape index (κ2) is 3.69. The molecule has 0 radical (unpaired) electrons. The Labute approximate surface area is 92.7 Å². The van der Waals surface area contributed by atoms with E-state index in [1.54, 1.807) is 0 Å². The molecule has 2 heterocycles. The fraction of sp³-hybridized carbons (Fsp3) is 0.100. The van der Waals surface area contributed by atoms with Crippen molar-refractivity contribution in [2.45, 2.75) is 6.18 Å². The lowest BCUT2D eigenvalue weighted by atomic mass is 10.2. The number of hydrogen-bond donors (Lipinski definition) is 1. The summed E-state index contributed by atoms with van der Waals surface area (Å²) >= 11 is 0. The summed E-state index contributed by atoms with van der Waals surface area (Å²) in [5.74, 6) is -1.26. The average molecular weight is 242 g/mol. The zero-order chi connectivity index (χ0) is 12.6. The number of carboxylic acids is 1. The van der Waals surface area contributed by atoms with Crippen LogP contribution in [0.2, 0.25) is 0 Å². The second-order valence-electron chi connectivity index (χ2n) is 3.27. The van der Waals surface area contributed by atoms with E-state index in [-0.39, 0.29) is 16.7 Å². The van der Waals surface area contributed by atoms with Crippen molar-refractivity contribution < 1.29 is 23.1 Å². The summed E-state index contributed by atoms with van der Waals surface area (Å²) in [5, 5.41) is 8.80. The molecule has 4 nitrogen and oxygen atoms in total. The Morgan fingerprint density at radius 3 is 2.59 bits per heavy atom. The van der Waals surface area contributed by atoms with Crippen LogP contribution in [0.4, 0.5) is 13.2 Å². The van der Waals surface area contributed by atoms with E-state index in [0.717, 1.165) is 12.1 Å². The molecule has 0 aliphatic carbocycles. The summed E-state index contributed by atoms with van der Waals surface area (Å²) in [4.78, 5) is 17.7. The normalized spacial score (nSPS) is 11.7. The molecule has 0 aliphatic rings. The first-order chi connectivity index (χ1) is 7.88. The van der Waals surface area contributed by atoms with Gasteiger partial charge in [-0.15, -0.1) is 0 Å². The Hall–Kier alpha value is -2.18. The van der Waals surface area contributed by atoms with Crippen LogP contribution in [0.25, 0.3) is 11.0 Å². The lowest BCUT2D eigenvalue weighted by Crippen LogP contribution is -2.06. The zero-order valence-electron chi connectivity index (χ0n) is 8.19. The van der Waals surface area contributed by atoms with Crippen LogP contribution in [0.3, 0.4) is 0 Å². The summed E-state index contributed by atoms with van der Waals surface area (Å²) < 4.78 is 37.1. The van der Waals surface area contributed by atoms with E-state index in [9.17, 15) is 18.0 Å². The maximum absolute atomic E-state index is 12.4. The van der Waals surface area contributed by atoms with Crippen molar-refractivity contribution >= 4 is 17.0 Å². The number of hydrogen-bond acceptors (Lipinski definition) is 3. The van der Waals surface area contributed by atoms with Crippen LogP contribution in [-0.4, -0.2) is 21.0 Å². The van der Waals surface area contributed by atoms with Gasteiger partial charge in [-0.3, -0.25) is 0 Å². The number of nitrogens with zero attached hydrogens (tertiary/aromatic N) is 2. The van der Waals surface area contributed by atoms with Crippen LogP contribution in [-0.2, 0) is 6.18 Å². The van der Waals surface area contributed by atoms with Crippen LogP contribution in [0.15, 0.2) is 24.4 Å². The molecule has 7 heteroatoms. The topological polar surface area (TPSA) is 63.1 Å². The zero-order valence-corrected chi connectivity index (χ0v) is 8.19. The first-order valence-corrected chi connectivity index (χ1v) is 4.45. The molecule has 88 valence electrons. The molecule has 0 atom stereocenters. The summed E-state index contributed by atoms with van der Waals surface area (Å²) in [6, 6.07) is 3.25. The Bertz CT molecular complexity index is 596. The lowest BCUT2D eigenvalue weighted by Gasteiger charge is -2.06. The lowest BCUT2D eigenvalue weighted by molar-refractivity contribution is -0.137. The van der Waals surface area contributed by atoms with Gasteiger partial charge >= 0.3 is 12.1 Å². The van der Waals surface area contributed by atoms with E-state index < -0.39 is 17.7 Å². The number of aromatic carboxylic acids is 1. The van der Waals surface area contributed by atoms with Gasteiger partial charge in [-0.05, 0) is 18.2 Å². The van der Waals surface area contributed by atoms with Crippen LogP contribution in [0.1, 0.15) is 16.1 Å². The van der Waals surface area contributed by atoms with Crippen LogP contribution in [0, 0.1) is 0 Å². The first-order valence-electron chi connectivity index (χ1n) is 4.45. The number of aromatic nitrogens is 2. The third-order valence-corrected chi connectivity index (χ3v) is 2.09. The number of carbonyl (C=O) groups is 1. The third kappa shape index (κ3) is 2.17. The largest absolute Gasteiger partial charge is 0.477 e. The highest BCUT2D eigenvalue weighted by atomic mass is 19.4. The molecule has 1 N–H and O–H groups in total. The molecule has 0 saturated carbocycles. The van der Waals surface area contributed by atoms with Crippen LogP contribution < -0.4 is 0 Å². The quantitative estimate of drug-likeness (QED) is 0.833. The highest BCUT2D eigenvalue weighted by Crippen LogP contribution is 2.30. The summed E-state index contributed by atoms with van der Waals surface area (Å²) in [5.41, 5.74) is -1.18. The van der Waals surface area contributed by atoms with E-state index >= 15 is 0 Å². The highest BCUT2D eigenvalue weighted by Gasteiger charge is 2.31. The van der Waals surface area contributed by atoms with Gasteiger partial charge in [0.05, 0.1) is 5.56 Å². The molecule has 0 unspecified atom stereocenters. The van der Waals surface area contributed by atoms with Gasteiger partial charge in [-0.1, -0.05) is 0 Å². The fourth-order valence-electron chi connectivity index (χ4n) is 1.28. The first kappa shape index (κ1) is 11.3. The van der Waals surface area contributed by atoms with Crippen molar-refractivity contribution in [1.82, 2.24) is 9.97 Å². The standard InChI is InChI=1S/C10H5F3N2O2/c11-10(12,13)6-3-5-1-2-7(9(16)17)15-8(5)14-4-6/h1-4H,(H,16,17). The monoisotopic (exact) mass is 242 g/mol. The second-order valence-corrected chi connectivity index (χ2v) is 3.27. The van der Waals surface area contributed by atoms with Gasteiger partial charge < -0.3 is 5.11 Å². The van der Waals surface area contributed by atoms with Gasteiger partial charge in [-0.25, -0.2) is 14.8 Å². The van der Waals surface area contributed by atoms with Crippen molar-refractivity contribution in [3.63, 3.8) is 0 Å². The predicted octanol–water partition coefficient (Wildman–Crippen LogP) is 2.35. The molecule has 0 saturated heterocycles. The maximum Gasteiger partial charge on any atom is 0.417 e. The van der Waals surface area contributed by atoms with Gasteiger partial charge in [0.15, 0.2) is 11.3 Å². The minimum absolute atomic E-state index is 0.0297. The Kier molecular flexibility index (Phi) is 2.45. The van der Waals surface area contributed by atoms with E-state index in [0.29, 0.717) is 6.20 Å². The Morgan fingerprint density at radius 2 is 2.00 bits per heavy atom.